The maximum Gasteiger partial charge on any atom is 0.169 e. The number of oxime groups is 1. The Morgan fingerprint density at radius 3 is 2.31 bits per heavy atom. The highest BCUT2D eigenvalue weighted by molar-refractivity contribution is 9.28. The van der Waals surface area contributed by atoms with Crippen molar-refractivity contribution < 1.29 is 18.7 Å². The highest BCUT2D eigenvalue weighted by Crippen LogP contribution is 2.34. The molecule has 0 aliphatic heterocycles. The molecule has 0 atom stereocenters. The SMILES string of the molecule is CC(C)=NOCCCCCCCOc1c(F)cc(OCC=C(Br)Br)cc1C(C)C. The van der Waals surface area contributed by atoms with E-state index in [4.69, 9.17) is 14.3 Å². The van der Waals surface area contributed by atoms with Crippen LogP contribution in [0.2, 0.25) is 0 Å². The first kappa shape index (κ1) is 26.0. The molecule has 0 aliphatic rings. The lowest BCUT2D eigenvalue weighted by molar-refractivity contribution is 0.139. The van der Waals surface area contributed by atoms with Crippen molar-refractivity contribution in [2.45, 2.75) is 65.7 Å². The topological polar surface area (TPSA) is 40.0 Å². The fourth-order valence-corrected chi connectivity index (χ4v) is 2.87. The molecule has 0 spiro atoms. The van der Waals surface area contributed by atoms with Gasteiger partial charge in [-0.3, -0.25) is 0 Å². The molecular formula is C22H32Br2FNO3. The predicted octanol–water partition coefficient (Wildman–Crippen LogP) is 7.70. The van der Waals surface area contributed by atoms with Gasteiger partial charge in [0.15, 0.2) is 11.6 Å². The third kappa shape index (κ3) is 11.6. The van der Waals surface area contributed by atoms with E-state index >= 15 is 0 Å². The summed E-state index contributed by atoms with van der Waals surface area (Å²) in [6, 6.07) is 3.25. The van der Waals surface area contributed by atoms with Gasteiger partial charge in [-0.2, -0.15) is 0 Å². The van der Waals surface area contributed by atoms with Gasteiger partial charge in [-0.25, -0.2) is 4.39 Å². The van der Waals surface area contributed by atoms with Gasteiger partial charge in [-0.05, 0) is 83.0 Å². The van der Waals surface area contributed by atoms with Crippen molar-refractivity contribution in [3.05, 3.63) is 33.0 Å². The van der Waals surface area contributed by atoms with Crippen LogP contribution >= 0.6 is 31.9 Å². The summed E-state index contributed by atoms with van der Waals surface area (Å²) in [5.74, 6) is 0.597. The standard InChI is InChI=1S/C22H32Br2FNO3/c1-16(2)19-14-18(27-13-10-21(23)24)15-20(25)22(19)28-11-8-6-5-7-9-12-29-26-17(3)4/h10,14-16H,5-9,11-13H2,1-4H3. The van der Waals surface area contributed by atoms with E-state index in [2.05, 4.69) is 37.0 Å². The number of halogens is 3. The number of ether oxygens (including phenoxy) is 2. The summed E-state index contributed by atoms with van der Waals surface area (Å²) >= 11 is 6.54. The lowest BCUT2D eigenvalue weighted by atomic mass is 10.0. The van der Waals surface area contributed by atoms with Gasteiger partial charge in [0.05, 0.1) is 15.7 Å². The highest BCUT2D eigenvalue weighted by atomic mass is 79.9. The van der Waals surface area contributed by atoms with Crippen LogP contribution in [0.3, 0.4) is 0 Å². The monoisotopic (exact) mass is 535 g/mol. The average Bonchev–Trinajstić information content (AvgIpc) is 2.63. The van der Waals surface area contributed by atoms with Crippen LogP contribution in [0.15, 0.2) is 26.8 Å². The summed E-state index contributed by atoms with van der Waals surface area (Å²) < 4.78 is 26.8. The Bertz CT molecular complexity index is 670. The molecule has 1 aromatic carbocycles. The van der Waals surface area contributed by atoms with Crippen molar-refractivity contribution >= 4 is 37.6 Å². The van der Waals surface area contributed by atoms with Crippen LogP contribution < -0.4 is 9.47 Å². The summed E-state index contributed by atoms with van der Waals surface area (Å²) in [7, 11) is 0. The Labute approximate surface area is 191 Å². The van der Waals surface area contributed by atoms with Crippen LogP contribution in [0.4, 0.5) is 4.39 Å². The number of rotatable bonds is 14. The molecule has 0 fully saturated rings. The molecule has 0 aliphatic carbocycles. The second-order valence-electron chi connectivity index (χ2n) is 7.27. The van der Waals surface area contributed by atoms with Gasteiger partial charge in [0.1, 0.15) is 19.0 Å². The second kappa shape index (κ2) is 14.8. The lowest BCUT2D eigenvalue weighted by Crippen LogP contribution is -2.05. The van der Waals surface area contributed by atoms with E-state index in [1.807, 2.05) is 39.8 Å². The summed E-state index contributed by atoms with van der Waals surface area (Å²) in [5, 5.41) is 3.91. The molecule has 1 aromatic rings. The third-order valence-electron chi connectivity index (χ3n) is 4.03. The summed E-state index contributed by atoms with van der Waals surface area (Å²) in [6.45, 7) is 9.37. The molecule has 0 saturated heterocycles. The largest absolute Gasteiger partial charge is 0.490 e. The van der Waals surface area contributed by atoms with E-state index < -0.39 is 0 Å². The molecule has 0 radical (unpaired) electrons. The van der Waals surface area contributed by atoms with E-state index in [0.717, 1.165) is 46.8 Å². The first-order valence-electron chi connectivity index (χ1n) is 10.0. The fraction of sp³-hybridized carbons (Fsp3) is 0.591. The summed E-state index contributed by atoms with van der Waals surface area (Å²) in [4.78, 5) is 5.18. The third-order valence-corrected chi connectivity index (χ3v) is 4.68. The van der Waals surface area contributed by atoms with Crippen LogP contribution in [0.25, 0.3) is 0 Å². The normalized spacial score (nSPS) is 10.6. The number of hydrogen-bond donors (Lipinski definition) is 0. The van der Waals surface area contributed by atoms with Crippen molar-refractivity contribution in [1.29, 1.82) is 0 Å². The van der Waals surface area contributed by atoms with Gasteiger partial charge in [0.2, 0.25) is 0 Å². The molecule has 29 heavy (non-hydrogen) atoms. The van der Waals surface area contributed by atoms with Gasteiger partial charge in [0, 0.05) is 11.6 Å². The zero-order valence-electron chi connectivity index (χ0n) is 17.8. The molecule has 0 bridgehead atoms. The molecule has 0 saturated carbocycles. The molecule has 164 valence electrons. The smallest absolute Gasteiger partial charge is 0.169 e. The Kier molecular flexibility index (Phi) is 13.3. The van der Waals surface area contributed by atoms with E-state index in [0.29, 0.717) is 31.3 Å². The molecule has 4 nitrogen and oxygen atoms in total. The minimum atomic E-state index is -0.378. The number of benzene rings is 1. The van der Waals surface area contributed by atoms with Gasteiger partial charge in [0.25, 0.3) is 0 Å². The van der Waals surface area contributed by atoms with E-state index in [1.165, 1.54) is 6.07 Å². The Hall–Kier alpha value is -1.08. The van der Waals surface area contributed by atoms with E-state index in [9.17, 15) is 4.39 Å². The zero-order chi connectivity index (χ0) is 21.6. The lowest BCUT2D eigenvalue weighted by Gasteiger charge is -2.17. The minimum Gasteiger partial charge on any atom is -0.490 e. The Morgan fingerprint density at radius 1 is 1.03 bits per heavy atom. The second-order valence-corrected chi connectivity index (χ2v) is 10.0. The first-order valence-corrected chi connectivity index (χ1v) is 11.6. The van der Waals surface area contributed by atoms with Crippen LogP contribution in [0.1, 0.15) is 71.3 Å². The molecule has 1 rings (SSSR count). The average molecular weight is 537 g/mol. The van der Waals surface area contributed by atoms with Crippen LogP contribution in [0.5, 0.6) is 11.5 Å². The van der Waals surface area contributed by atoms with Crippen molar-refractivity contribution in [1.82, 2.24) is 0 Å². The van der Waals surface area contributed by atoms with Crippen LogP contribution in [0, 0.1) is 5.82 Å². The number of unbranched alkanes of at least 4 members (excludes halogenated alkanes) is 4. The number of nitrogens with zero attached hydrogens (tertiary/aromatic N) is 1. The maximum atomic E-state index is 14.6. The molecule has 0 N–H and O–H groups in total. The molecule has 0 aromatic heterocycles. The molecule has 0 heterocycles. The van der Waals surface area contributed by atoms with E-state index in [-0.39, 0.29) is 11.7 Å². The Morgan fingerprint density at radius 2 is 1.69 bits per heavy atom. The minimum absolute atomic E-state index is 0.135. The Balaban J connectivity index is 2.42. The summed E-state index contributed by atoms with van der Waals surface area (Å²) in [6.07, 6.45) is 6.93. The fourth-order valence-electron chi connectivity index (χ4n) is 2.60. The molecule has 0 amide bonds. The van der Waals surface area contributed by atoms with Gasteiger partial charge >= 0.3 is 0 Å². The van der Waals surface area contributed by atoms with Gasteiger partial charge < -0.3 is 14.3 Å². The van der Waals surface area contributed by atoms with Crippen molar-refractivity contribution in [3.8, 4) is 11.5 Å². The quantitative estimate of drug-likeness (QED) is 0.139. The van der Waals surface area contributed by atoms with Crippen molar-refractivity contribution in [2.75, 3.05) is 19.8 Å². The molecular weight excluding hydrogens is 505 g/mol. The summed E-state index contributed by atoms with van der Waals surface area (Å²) in [5.41, 5.74) is 1.75. The van der Waals surface area contributed by atoms with E-state index in [1.54, 1.807) is 0 Å². The first-order chi connectivity index (χ1) is 13.8. The van der Waals surface area contributed by atoms with Gasteiger partial charge in [-0.1, -0.05) is 31.8 Å². The van der Waals surface area contributed by atoms with Crippen molar-refractivity contribution in [3.63, 3.8) is 0 Å². The van der Waals surface area contributed by atoms with Crippen LogP contribution in [-0.4, -0.2) is 25.5 Å². The zero-order valence-corrected chi connectivity index (χ0v) is 20.9. The molecule has 7 heteroatoms. The molecule has 0 unspecified atom stereocenters. The highest BCUT2D eigenvalue weighted by Gasteiger charge is 2.16. The van der Waals surface area contributed by atoms with Gasteiger partial charge in [-0.15, -0.1) is 0 Å². The van der Waals surface area contributed by atoms with Crippen LogP contribution in [-0.2, 0) is 4.84 Å². The maximum absolute atomic E-state index is 14.6. The van der Waals surface area contributed by atoms with Crippen molar-refractivity contribution in [2.24, 2.45) is 5.16 Å². The predicted molar refractivity (Wildman–Crippen MR) is 125 cm³/mol. The number of hydrogen-bond acceptors (Lipinski definition) is 4.